The standard InChI is InChI=1S/C21H22N4O3S/c1-29(28)17-6-4-16(5-7-17)19(26)15-23-11-13-25(14-12-23)21(27)18-3-2-9-24-10-8-22-20(18)24/h2-10H,11-15H2,1H3. The second kappa shape index (κ2) is 8.26. The molecule has 2 aromatic heterocycles. The lowest BCUT2D eigenvalue weighted by atomic mass is 10.1. The van der Waals surface area contributed by atoms with Crippen LogP contribution in [0.2, 0.25) is 0 Å². The number of fused-ring (bicyclic) bond motifs is 1. The van der Waals surface area contributed by atoms with Gasteiger partial charge in [-0.2, -0.15) is 0 Å². The minimum absolute atomic E-state index is 0.0281. The van der Waals surface area contributed by atoms with Crippen LogP contribution in [0.15, 0.2) is 59.9 Å². The summed E-state index contributed by atoms with van der Waals surface area (Å²) in [6.07, 6.45) is 6.98. The van der Waals surface area contributed by atoms with Gasteiger partial charge in [-0.3, -0.25) is 18.7 Å². The van der Waals surface area contributed by atoms with Gasteiger partial charge in [0.2, 0.25) is 0 Å². The van der Waals surface area contributed by atoms with E-state index in [0.717, 1.165) is 0 Å². The highest BCUT2D eigenvalue weighted by molar-refractivity contribution is 7.84. The number of carbonyl (C=O) groups excluding carboxylic acids is 2. The largest absolute Gasteiger partial charge is 0.336 e. The van der Waals surface area contributed by atoms with E-state index < -0.39 is 10.8 Å². The van der Waals surface area contributed by atoms with Gasteiger partial charge < -0.3 is 9.30 Å². The molecule has 8 heteroatoms. The van der Waals surface area contributed by atoms with Crippen LogP contribution in [0.5, 0.6) is 0 Å². The van der Waals surface area contributed by atoms with Gasteiger partial charge in [0.15, 0.2) is 5.78 Å². The van der Waals surface area contributed by atoms with Crippen LogP contribution >= 0.6 is 0 Å². The van der Waals surface area contributed by atoms with Gasteiger partial charge in [0.1, 0.15) is 5.65 Å². The molecule has 1 amide bonds. The van der Waals surface area contributed by atoms with Crippen molar-refractivity contribution in [3.63, 3.8) is 0 Å². The van der Waals surface area contributed by atoms with Gasteiger partial charge >= 0.3 is 0 Å². The number of hydrogen-bond donors (Lipinski definition) is 0. The molecule has 0 saturated carbocycles. The van der Waals surface area contributed by atoms with Crippen LogP contribution in [0.4, 0.5) is 0 Å². The Hall–Kier alpha value is -2.84. The van der Waals surface area contributed by atoms with Crippen molar-refractivity contribution in [3.05, 3.63) is 66.1 Å². The van der Waals surface area contributed by atoms with Crippen molar-refractivity contribution < 1.29 is 13.8 Å². The average Bonchev–Trinajstić information content (AvgIpc) is 3.23. The summed E-state index contributed by atoms with van der Waals surface area (Å²) in [4.78, 5) is 34.3. The van der Waals surface area contributed by atoms with Crippen LogP contribution in [-0.2, 0) is 10.8 Å². The summed E-state index contributed by atoms with van der Waals surface area (Å²) in [5.74, 6) is -0.00343. The lowest BCUT2D eigenvalue weighted by Gasteiger charge is -2.34. The van der Waals surface area contributed by atoms with Gasteiger partial charge in [0, 0.05) is 72.3 Å². The molecule has 0 bridgehead atoms. The summed E-state index contributed by atoms with van der Waals surface area (Å²) in [6, 6.07) is 10.6. The number of hydrogen-bond acceptors (Lipinski definition) is 5. The Labute approximate surface area is 171 Å². The van der Waals surface area contributed by atoms with E-state index in [9.17, 15) is 13.8 Å². The fourth-order valence-corrected chi connectivity index (χ4v) is 4.04. The molecule has 1 aromatic carbocycles. The summed E-state index contributed by atoms with van der Waals surface area (Å²) in [6.45, 7) is 2.74. The molecule has 1 aliphatic heterocycles. The van der Waals surface area contributed by atoms with Crippen molar-refractivity contribution in [2.24, 2.45) is 0 Å². The number of imidazole rings is 1. The van der Waals surface area contributed by atoms with E-state index >= 15 is 0 Å². The van der Waals surface area contributed by atoms with Crippen LogP contribution in [0.3, 0.4) is 0 Å². The van der Waals surface area contributed by atoms with E-state index in [4.69, 9.17) is 0 Å². The molecule has 7 nitrogen and oxygen atoms in total. The van der Waals surface area contributed by atoms with Gasteiger partial charge in [0.25, 0.3) is 5.91 Å². The van der Waals surface area contributed by atoms with Crippen molar-refractivity contribution in [1.82, 2.24) is 19.2 Å². The Balaban J connectivity index is 1.35. The molecule has 1 atom stereocenters. The zero-order valence-corrected chi connectivity index (χ0v) is 17.0. The molecule has 0 radical (unpaired) electrons. The van der Waals surface area contributed by atoms with E-state index in [0.29, 0.717) is 54.4 Å². The van der Waals surface area contributed by atoms with Gasteiger partial charge in [-0.05, 0) is 24.3 Å². The molecule has 0 spiro atoms. The molecule has 29 heavy (non-hydrogen) atoms. The van der Waals surface area contributed by atoms with Crippen LogP contribution < -0.4 is 0 Å². The molecule has 3 heterocycles. The Bertz CT molecular complexity index is 1070. The molecule has 1 saturated heterocycles. The third kappa shape index (κ3) is 4.13. The number of pyridine rings is 1. The Morgan fingerprint density at radius 3 is 2.45 bits per heavy atom. The highest BCUT2D eigenvalue weighted by Gasteiger charge is 2.25. The van der Waals surface area contributed by atoms with Crippen molar-refractivity contribution >= 4 is 28.1 Å². The fourth-order valence-electron chi connectivity index (χ4n) is 3.52. The van der Waals surface area contributed by atoms with Crippen molar-refractivity contribution in [1.29, 1.82) is 0 Å². The first-order valence-electron chi connectivity index (χ1n) is 9.43. The molecule has 1 aliphatic rings. The zero-order valence-electron chi connectivity index (χ0n) is 16.2. The number of amides is 1. The maximum Gasteiger partial charge on any atom is 0.257 e. The van der Waals surface area contributed by atoms with Crippen molar-refractivity contribution in [3.8, 4) is 0 Å². The quantitative estimate of drug-likeness (QED) is 0.599. The molecule has 0 N–H and O–H groups in total. The van der Waals surface area contributed by atoms with Crippen LogP contribution in [0.1, 0.15) is 20.7 Å². The first kappa shape index (κ1) is 19.5. The Kier molecular flexibility index (Phi) is 5.55. The molecular formula is C21H22N4O3S. The Morgan fingerprint density at radius 2 is 1.76 bits per heavy atom. The second-order valence-electron chi connectivity index (χ2n) is 7.05. The SMILES string of the molecule is CS(=O)c1ccc(C(=O)CN2CCN(C(=O)c3cccn4ccnc34)CC2)cc1. The van der Waals surface area contributed by atoms with E-state index in [1.807, 2.05) is 27.8 Å². The summed E-state index contributed by atoms with van der Waals surface area (Å²) in [5.41, 5.74) is 1.87. The number of carbonyl (C=O) groups is 2. The van der Waals surface area contributed by atoms with E-state index in [-0.39, 0.29) is 11.7 Å². The monoisotopic (exact) mass is 410 g/mol. The van der Waals surface area contributed by atoms with Crippen molar-refractivity contribution in [2.75, 3.05) is 39.0 Å². The summed E-state index contributed by atoms with van der Waals surface area (Å²) in [7, 11) is -1.05. The molecule has 0 aliphatic carbocycles. The average molecular weight is 410 g/mol. The highest BCUT2D eigenvalue weighted by Crippen LogP contribution is 2.14. The smallest absolute Gasteiger partial charge is 0.257 e. The number of ketones is 1. The lowest BCUT2D eigenvalue weighted by molar-refractivity contribution is 0.0625. The normalized spacial score (nSPS) is 16.1. The third-order valence-corrected chi connectivity index (χ3v) is 6.12. The minimum atomic E-state index is -1.05. The van der Waals surface area contributed by atoms with Crippen LogP contribution in [0, 0.1) is 0 Å². The third-order valence-electron chi connectivity index (χ3n) is 5.18. The summed E-state index contributed by atoms with van der Waals surface area (Å²) < 4.78 is 13.3. The molecule has 150 valence electrons. The number of piperazine rings is 1. The highest BCUT2D eigenvalue weighted by atomic mass is 32.2. The number of nitrogens with zero attached hydrogens (tertiary/aromatic N) is 4. The number of rotatable bonds is 5. The van der Waals surface area contributed by atoms with E-state index in [1.165, 1.54) is 0 Å². The van der Waals surface area contributed by atoms with Gasteiger partial charge in [-0.25, -0.2) is 4.98 Å². The number of benzene rings is 1. The van der Waals surface area contributed by atoms with E-state index in [2.05, 4.69) is 9.88 Å². The van der Waals surface area contributed by atoms with Gasteiger partial charge in [-0.1, -0.05) is 12.1 Å². The number of Topliss-reactive ketones (excluding diaryl/α,β-unsaturated/α-hetero) is 1. The lowest BCUT2D eigenvalue weighted by Crippen LogP contribution is -2.50. The minimum Gasteiger partial charge on any atom is -0.336 e. The van der Waals surface area contributed by atoms with Gasteiger partial charge in [0.05, 0.1) is 12.1 Å². The predicted molar refractivity (Wildman–Crippen MR) is 111 cm³/mol. The topological polar surface area (TPSA) is 75.0 Å². The first-order valence-corrected chi connectivity index (χ1v) is 11.0. The Morgan fingerprint density at radius 1 is 1.03 bits per heavy atom. The van der Waals surface area contributed by atoms with Crippen LogP contribution in [-0.4, -0.2) is 74.1 Å². The molecular weight excluding hydrogens is 388 g/mol. The van der Waals surface area contributed by atoms with Gasteiger partial charge in [-0.15, -0.1) is 0 Å². The molecule has 1 unspecified atom stereocenters. The zero-order chi connectivity index (χ0) is 20.4. The van der Waals surface area contributed by atoms with Crippen molar-refractivity contribution in [2.45, 2.75) is 4.90 Å². The first-order chi connectivity index (χ1) is 14.0. The summed E-state index contributed by atoms with van der Waals surface area (Å²) in [5, 5.41) is 0. The maximum atomic E-state index is 12.9. The molecule has 3 aromatic rings. The fraction of sp³-hybridized carbons (Fsp3) is 0.286. The summed E-state index contributed by atoms with van der Waals surface area (Å²) >= 11 is 0. The maximum absolute atomic E-state index is 12.9. The molecule has 1 fully saturated rings. The number of aromatic nitrogens is 2. The predicted octanol–water partition coefficient (Wildman–Crippen LogP) is 1.71. The van der Waals surface area contributed by atoms with E-state index in [1.54, 1.807) is 42.8 Å². The molecule has 4 rings (SSSR count). The van der Waals surface area contributed by atoms with Crippen LogP contribution in [0.25, 0.3) is 5.65 Å². The second-order valence-corrected chi connectivity index (χ2v) is 8.43.